The fourth-order valence-electron chi connectivity index (χ4n) is 1.93. The Bertz CT molecular complexity index is 483. The van der Waals surface area contributed by atoms with E-state index in [0.717, 1.165) is 0 Å². The molecular weight excluding hydrogens is 316 g/mol. The van der Waals surface area contributed by atoms with Gasteiger partial charge in [-0.15, -0.1) is 0 Å². The Kier molecular flexibility index (Phi) is 4.36. The van der Waals surface area contributed by atoms with Crippen molar-refractivity contribution in [2.24, 2.45) is 11.8 Å². The maximum atomic E-state index is 11.5. The van der Waals surface area contributed by atoms with Crippen LogP contribution in [-0.4, -0.2) is 34.8 Å². The topological polar surface area (TPSA) is 81.5 Å². The minimum Gasteiger partial charge on any atom is -0.480 e. The average Bonchev–Trinajstić information content (AvgIpc) is 3.19. The van der Waals surface area contributed by atoms with Crippen LogP contribution in [-0.2, 0) is 9.53 Å². The number of halogens is 1. The van der Waals surface area contributed by atoms with Crippen LogP contribution in [0.4, 0.5) is 0 Å². The van der Waals surface area contributed by atoms with Crippen molar-refractivity contribution in [3.05, 3.63) is 16.5 Å². The van der Waals surface area contributed by atoms with Crippen LogP contribution in [0.15, 0.2) is 10.7 Å². The zero-order valence-electron chi connectivity index (χ0n) is 10.7. The summed E-state index contributed by atoms with van der Waals surface area (Å²) in [4.78, 5) is 19.7. The van der Waals surface area contributed by atoms with Crippen LogP contribution in [0, 0.1) is 11.8 Å². The normalized spacial score (nSPS) is 22.7. The van der Waals surface area contributed by atoms with Gasteiger partial charge < -0.3 is 14.6 Å². The Labute approximate surface area is 119 Å². The number of methoxy groups -OCH3 is 1. The van der Waals surface area contributed by atoms with Crippen LogP contribution in [0.5, 0.6) is 5.88 Å². The van der Waals surface area contributed by atoms with E-state index in [1.165, 1.54) is 13.3 Å². The molecule has 19 heavy (non-hydrogen) atoms. The standard InChI is InChI=1S/C12H15BrN2O4/c1-3-19-12(17)7-4-6(7)9(16)10-14-5-8(13)11(15-10)18-2/h5-7,9,16H,3-4H2,1-2H3. The highest BCUT2D eigenvalue weighted by Crippen LogP contribution is 2.47. The highest BCUT2D eigenvalue weighted by molar-refractivity contribution is 9.10. The van der Waals surface area contributed by atoms with Crippen LogP contribution < -0.4 is 4.74 Å². The summed E-state index contributed by atoms with van der Waals surface area (Å²) in [5.74, 6) is -0.0806. The molecule has 0 aromatic carbocycles. The van der Waals surface area contributed by atoms with E-state index in [2.05, 4.69) is 25.9 Å². The largest absolute Gasteiger partial charge is 0.480 e. The summed E-state index contributed by atoms with van der Waals surface area (Å²) in [6.07, 6.45) is 1.24. The monoisotopic (exact) mass is 330 g/mol. The Morgan fingerprint density at radius 1 is 1.68 bits per heavy atom. The highest BCUT2D eigenvalue weighted by Gasteiger charge is 2.49. The molecule has 1 aliphatic rings. The number of hydrogen-bond donors (Lipinski definition) is 1. The smallest absolute Gasteiger partial charge is 0.309 e. The highest BCUT2D eigenvalue weighted by atomic mass is 79.9. The average molecular weight is 331 g/mol. The SMILES string of the molecule is CCOC(=O)C1CC1C(O)c1ncc(Br)c(OC)n1. The van der Waals surface area contributed by atoms with Gasteiger partial charge in [-0.2, -0.15) is 4.98 Å². The summed E-state index contributed by atoms with van der Waals surface area (Å²) in [7, 11) is 1.49. The Hall–Kier alpha value is -1.21. The van der Waals surface area contributed by atoms with Gasteiger partial charge in [0.05, 0.1) is 24.1 Å². The lowest BCUT2D eigenvalue weighted by Crippen LogP contribution is -2.13. The molecule has 0 aliphatic heterocycles. The molecule has 1 saturated carbocycles. The van der Waals surface area contributed by atoms with Crippen molar-refractivity contribution >= 4 is 21.9 Å². The van der Waals surface area contributed by atoms with E-state index in [1.54, 1.807) is 6.92 Å². The quantitative estimate of drug-likeness (QED) is 0.823. The van der Waals surface area contributed by atoms with Gasteiger partial charge in [-0.25, -0.2) is 4.98 Å². The molecule has 1 fully saturated rings. The van der Waals surface area contributed by atoms with Gasteiger partial charge in [-0.1, -0.05) is 0 Å². The minimum absolute atomic E-state index is 0.176. The predicted molar refractivity (Wildman–Crippen MR) is 69.5 cm³/mol. The van der Waals surface area contributed by atoms with E-state index in [-0.39, 0.29) is 23.6 Å². The number of ether oxygens (including phenoxy) is 2. The van der Waals surface area contributed by atoms with Crippen LogP contribution >= 0.6 is 15.9 Å². The van der Waals surface area contributed by atoms with Crippen molar-refractivity contribution in [3.63, 3.8) is 0 Å². The van der Waals surface area contributed by atoms with Crippen molar-refractivity contribution in [1.29, 1.82) is 0 Å². The molecule has 0 amide bonds. The summed E-state index contributed by atoms with van der Waals surface area (Å²) < 4.78 is 10.6. The number of rotatable bonds is 5. The lowest BCUT2D eigenvalue weighted by atomic mass is 10.2. The Morgan fingerprint density at radius 2 is 2.42 bits per heavy atom. The molecule has 1 aromatic heterocycles. The second-order valence-electron chi connectivity index (χ2n) is 4.29. The first-order chi connectivity index (χ1) is 9.08. The minimum atomic E-state index is -0.878. The molecule has 104 valence electrons. The third kappa shape index (κ3) is 3.03. The van der Waals surface area contributed by atoms with E-state index in [0.29, 0.717) is 23.4 Å². The zero-order chi connectivity index (χ0) is 14.0. The molecule has 2 rings (SSSR count). The van der Waals surface area contributed by atoms with Crippen molar-refractivity contribution in [1.82, 2.24) is 9.97 Å². The predicted octanol–water partition coefficient (Wildman–Crippen LogP) is 1.48. The Balaban J connectivity index is 2.05. The second kappa shape index (κ2) is 5.83. The van der Waals surface area contributed by atoms with Gasteiger partial charge in [0.25, 0.3) is 0 Å². The maximum Gasteiger partial charge on any atom is 0.309 e. The molecule has 6 nitrogen and oxygen atoms in total. The van der Waals surface area contributed by atoms with E-state index in [1.807, 2.05) is 0 Å². The van der Waals surface area contributed by atoms with Crippen LogP contribution in [0.2, 0.25) is 0 Å². The number of carbonyl (C=O) groups is 1. The molecule has 3 unspecified atom stereocenters. The first-order valence-electron chi connectivity index (χ1n) is 5.99. The molecule has 1 heterocycles. The van der Waals surface area contributed by atoms with Crippen molar-refractivity contribution < 1.29 is 19.4 Å². The number of aromatic nitrogens is 2. The van der Waals surface area contributed by atoms with Gasteiger partial charge in [-0.3, -0.25) is 4.79 Å². The number of esters is 1. The lowest BCUT2D eigenvalue weighted by Gasteiger charge is -2.10. The molecule has 7 heteroatoms. The van der Waals surface area contributed by atoms with E-state index < -0.39 is 6.10 Å². The maximum absolute atomic E-state index is 11.5. The van der Waals surface area contributed by atoms with Crippen LogP contribution in [0.3, 0.4) is 0 Å². The van der Waals surface area contributed by atoms with Crippen LogP contribution in [0.1, 0.15) is 25.3 Å². The number of hydrogen-bond acceptors (Lipinski definition) is 6. The molecule has 1 N–H and O–H groups in total. The Morgan fingerprint density at radius 3 is 3.05 bits per heavy atom. The fourth-order valence-corrected chi connectivity index (χ4v) is 2.28. The summed E-state index contributed by atoms with van der Waals surface area (Å²) >= 11 is 3.24. The van der Waals surface area contributed by atoms with Gasteiger partial charge in [0.2, 0.25) is 5.88 Å². The lowest BCUT2D eigenvalue weighted by molar-refractivity contribution is -0.145. The number of carbonyl (C=O) groups excluding carboxylic acids is 1. The first kappa shape index (κ1) is 14.2. The van der Waals surface area contributed by atoms with Gasteiger partial charge in [0.15, 0.2) is 5.82 Å². The van der Waals surface area contributed by atoms with Gasteiger partial charge in [-0.05, 0) is 29.3 Å². The zero-order valence-corrected chi connectivity index (χ0v) is 12.3. The third-order valence-electron chi connectivity index (χ3n) is 3.02. The second-order valence-corrected chi connectivity index (χ2v) is 5.14. The number of aliphatic hydroxyl groups excluding tert-OH is 1. The molecule has 1 aromatic rings. The van der Waals surface area contributed by atoms with Gasteiger partial charge >= 0.3 is 5.97 Å². The third-order valence-corrected chi connectivity index (χ3v) is 3.57. The molecule has 0 bridgehead atoms. The van der Waals surface area contributed by atoms with Gasteiger partial charge in [0.1, 0.15) is 6.10 Å². The fraction of sp³-hybridized carbons (Fsp3) is 0.583. The first-order valence-corrected chi connectivity index (χ1v) is 6.78. The van der Waals surface area contributed by atoms with Crippen molar-refractivity contribution in [2.45, 2.75) is 19.4 Å². The molecule has 3 atom stereocenters. The van der Waals surface area contributed by atoms with Gasteiger partial charge in [0, 0.05) is 12.1 Å². The van der Waals surface area contributed by atoms with Crippen molar-refractivity contribution in [2.75, 3.05) is 13.7 Å². The number of aliphatic hydroxyl groups is 1. The van der Waals surface area contributed by atoms with Crippen LogP contribution in [0.25, 0.3) is 0 Å². The van der Waals surface area contributed by atoms with Crippen molar-refractivity contribution in [3.8, 4) is 5.88 Å². The summed E-state index contributed by atoms with van der Waals surface area (Å²) in [5, 5.41) is 10.2. The summed E-state index contributed by atoms with van der Waals surface area (Å²) in [6.45, 7) is 2.11. The molecule has 1 aliphatic carbocycles. The van der Waals surface area contributed by atoms with E-state index >= 15 is 0 Å². The van der Waals surface area contributed by atoms with E-state index in [9.17, 15) is 9.90 Å². The molecular formula is C12H15BrN2O4. The summed E-state index contributed by atoms with van der Waals surface area (Å²) in [5.41, 5.74) is 0. The number of nitrogens with zero attached hydrogens (tertiary/aromatic N) is 2. The molecule has 0 radical (unpaired) electrons. The molecule has 0 saturated heterocycles. The molecule has 0 spiro atoms. The summed E-state index contributed by atoms with van der Waals surface area (Å²) in [6, 6.07) is 0. The van der Waals surface area contributed by atoms with E-state index in [4.69, 9.17) is 9.47 Å².